The van der Waals surface area contributed by atoms with Crippen molar-refractivity contribution in [2.45, 2.75) is 71.1 Å². The quantitative estimate of drug-likeness (QED) is 0.222. The van der Waals surface area contributed by atoms with Crippen molar-refractivity contribution in [3.05, 3.63) is 54.6 Å². The minimum absolute atomic E-state index is 0.581. The van der Waals surface area contributed by atoms with Crippen LogP contribution in [-0.2, 0) is 4.57 Å². The summed E-state index contributed by atoms with van der Waals surface area (Å²) in [5, 5.41) is 2.86. The van der Waals surface area contributed by atoms with E-state index in [9.17, 15) is 4.57 Å². The zero-order valence-corrected chi connectivity index (χ0v) is 18.5. The second kappa shape index (κ2) is 14.9. The van der Waals surface area contributed by atoms with E-state index >= 15 is 0 Å². The molecular weight excluding hydrogens is 381 g/mol. The summed E-state index contributed by atoms with van der Waals surface area (Å²) < 4.78 is 23.2. The lowest BCUT2D eigenvalue weighted by atomic mass is 10.1. The van der Waals surface area contributed by atoms with E-state index in [4.69, 9.17) is 9.26 Å². The second-order valence-electron chi connectivity index (χ2n) is 7.33. The van der Waals surface area contributed by atoms with Gasteiger partial charge in [0.05, 0.1) is 12.3 Å². The highest BCUT2D eigenvalue weighted by atomic mass is 31.1. The molecule has 29 heavy (non-hydrogen) atoms. The lowest BCUT2D eigenvalue weighted by Crippen LogP contribution is -1.97. The second-order valence-corrected chi connectivity index (χ2v) is 8.25. The van der Waals surface area contributed by atoms with E-state index in [1.165, 1.54) is 57.8 Å². The topological polar surface area (TPSA) is 47.6 Å². The van der Waals surface area contributed by atoms with Gasteiger partial charge in [-0.1, -0.05) is 82.9 Å². The monoisotopic (exact) mass is 416 g/mol. The molecule has 2 aromatic rings. The van der Waals surface area contributed by atoms with Gasteiger partial charge in [-0.15, -0.1) is 5.09 Å². The molecule has 1 N–H and O–H groups in total. The van der Waals surface area contributed by atoms with Crippen LogP contribution in [-0.4, -0.2) is 6.61 Å². The maximum absolute atomic E-state index is 12.0. The third kappa shape index (κ3) is 10.9. The lowest BCUT2D eigenvalue weighted by molar-refractivity contribution is 0.304. The fourth-order valence-electron chi connectivity index (χ4n) is 3.11. The fraction of sp³-hybridized carbons (Fsp3) is 0.500. The zero-order chi connectivity index (χ0) is 20.6. The van der Waals surface area contributed by atoms with Crippen molar-refractivity contribution < 1.29 is 13.8 Å². The maximum Gasteiger partial charge on any atom is 0.694 e. The summed E-state index contributed by atoms with van der Waals surface area (Å²) in [6, 6.07) is 16.6. The van der Waals surface area contributed by atoms with Crippen LogP contribution in [0.15, 0.2) is 54.6 Å². The molecule has 1 unspecified atom stereocenters. The number of anilines is 1. The highest BCUT2D eigenvalue weighted by Crippen LogP contribution is 2.29. The van der Waals surface area contributed by atoms with Gasteiger partial charge in [0.1, 0.15) is 5.75 Å². The summed E-state index contributed by atoms with van der Waals surface area (Å²) in [7, 11) is -2.01. The van der Waals surface area contributed by atoms with E-state index < -0.39 is 8.18 Å². The van der Waals surface area contributed by atoms with E-state index in [1.807, 2.05) is 42.5 Å². The Kier molecular flexibility index (Phi) is 11.9. The molecule has 0 radical (unpaired) electrons. The molecule has 158 valence electrons. The fourth-order valence-corrected chi connectivity index (χ4v) is 3.83. The van der Waals surface area contributed by atoms with Crippen molar-refractivity contribution in [3.8, 4) is 11.5 Å². The molecule has 5 heteroatoms. The van der Waals surface area contributed by atoms with E-state index in [0.29, 0.717) is 5.75 Å². The number of para-hydroxylation sites is 1. The molecule has 0 aromatic heterocycles. The molecule has 1 atom stereocenters. The van der Waals surface area contributed by atoms with Crippen LogP contribution in [0.3, 0.4) is 0 Å². The molecule has 2 rings (SSSR count). The summed E-state index contributed by atoms with van der Waals surface area (Å²) >= 11 is 0. The molecule has 0 aliphatic rings. The number of hydrogen-bond donors (Lipinski definition) is 1. The van der Waals surface area contributed by atoms with Crippen LogP contribution in [0.1, 0.15) is 71.1 Å². The van der Waals surface area contributed by atoms with Gasteiger partial charge in [-0.25, -0.2) is 4.52 Å². The number of nitrogens with one attached hydrogen (secondary N) is 1. The Hall–Kier alpha value is -2.06. The van der Waals surface area contributed by atoms with Crippen molar-refractivity contribution in [2.24, 2.45) is 0 Å². The van der Waals surface area contributed by atoms with Gasteiger partial charge < -0.3 is 4.74 Å². The van der Waals surface area contributed by atoms with Gasteiger partial charge in [-0.2, -0.15) is 0 Å². The zero-order valence-electron chi connectivity index (χ0n) is 17.6. The van der Waals surface area contributed by atoms with Crippen molar-refractivity contribution >= 4 is 13.9 Å². The van der Waals surface area contributed by atoms with Crippen LogP contribution in [0.4, 0.5) is 5.69 Å². The Labute approximate surface area is 176 Å². The number of hydrogen-bond acceptors (Lipinski definition) is 3. The van der Waals surface area contributed by atoms with E-state index in [-0.39, 0.29) is 0 Å². The molecule has 0 aliphatic carbocycles. The molecule has 0 aliphatic heterocycles. The summed E-state index contributed by atoms with van der Waals surface area (Å²) in [5.41, 5.74) is 0.744. The molecule has 2 aromatic carbocycles. The Morgan fingerprint density at radius 3 is 1.93 bits per heavy atom. The first kappa shape index (κ1) is 23.2. The summed E-state index contributed by atoms with van der Waals surface area (Å²) in [5.74, 6) is 1.42. The van der Waals surface area contributed by atoms with Gasteiger partial charge in [0.2, 0.25) is 0 Å². The van der Waals surface area contributed by atoms with Gasteiger partial charge in [-0.05, 0) is 42.8 Å². The normalized spacial score (nSPS) is 11.1. The van der Waals surface area contributed by atoms with E-state index in [1.54, 1.807) is 12.1 Å². The molecule has 0 saturated heterocycles. The molecule has 0 bridgehead atoms. The number of unbranched alkanes of at least 4 members (excludes halogenated alkanes) is 9. The average Bonchev–Trinajstić information content (AvgIpc) is 2.74. The largest absolute Gasteiger partial charge is 0.694 e. The summed E-state index contributed by atoms with van der Waals surface area (Å²) in [4.78, 5) is 0. The molecular formula is C24H35NO3P+. The summed E-state index contributed by atoms with van der Waals surface area (Å²) in [6.07, 6.45) is 13.2. The predicted octanol–water partition coefficient (Wildman–Crippen LogP) is 8.13. The number of rotatable bonds is 16. The van der Waals surface area contributed by atoms with E-state index in [2.05, 4.69) is 12.0 Å². The van der Waals surface area contributed by atoms with Crippen LogP contribution in [0.5, 0.6) is 11.5 Å². The van der Waals surface area contributed by atoms with Gasteiger partial charge in [0.15, 0.2) is 5.75 Å². The van der Waals surface area contributed by atoms with Crippen LogP contribution in [0.25, 0.3) is 0 Å². The number of ether oxygens (including phenoxy) is 1. The first-order valence-electron chi connectivity index (χ1n) is 11.0. The average molecular weight is 417 g/mol. The Morgan fingerprint density at radius 2 is 1.31 bits per heavy atom. The van der Waals surface area contributed by atoms with Gasteiger partial charge >= 0.3 is 8.18 Å². The SMILES string of the molecule is CCCCCCCCCCCCOc1ccc(N[P+](=O)Oc2ccccc2)cc1. The van der Waals surface area contributed by atoms with Gasteiger partial charge in [0, 0.05) is 4.57 Å². The minimum atomic E-state index is -2.01. The molecule has 4 nitrogen and oxygen atoms in total. The Bertz CT molecular complexity index is 676. The van der Waals surface area contributed by atoms with Gasteiger partial charge in [0.25, 0.3) is 0 Å². The standard InChI is InChI=1S/C24H35NO3P/c1-2-3-4-5-6-7-8-9-10-14-21-27-23-19-17-22(18-20-23)25-29(26)28-24-15-12-11-13-16-24/h11-13,15-20H,2-10,14,21H2,1H3,(H,25,26)/q+1. The Balaban J connectivity index is 1.52. The van der Waals surface area contributed by atoms with Crippen molar-refractivity contribution in [1.29, 1.82) is 0 Å². The smallest absolute Gasteiger partial charge is 0.494 e. The number of benzene rings is 2. The molecule has 0 amide bonds. The first-order valence-corrected chi connectivity index (χ1v) is 12.2. The summed E-state index contributed by atoms with van der Waals surface area (Å²) in [6.45, 7) is 3.01. The highest BCUT2D eigenvalue weighted by molar-refractivity contribution is 7.41. The third-order valence-corrected chi connectivity index (χ3v) is 5.59. The van der Waals surface area contributed by atoms with Crippen molar-refractivity contribution in [3.63, 3.8) is 0 Å². The maximum atomic E-state index is 12.0. The Morgan fingerprint density at radius 1 is 0.724 bits per heavy atom. The van der Waals surface area contributed by atoms with E-state index in [0.717, 1.165) is 24.5 Å². The molecule has 0 spiro atoms. The third-order valence-electron chi connectivity index (χ3n) is 4.77. The van der Waals surface area contributed by atoms with Crippen LogP contribution < -0.4 is 14.3 Å². The van der Waals surface area contributed by atoms with Crippen molar-refractivity contribution in [1.82, 2.24) is 0 Å². The van der Waals surface area contributed by atoms with Crippen LogP contribution >= 0.6 is 8.18 Å². The minimum Gasteiger partial charge on any atom is -0.494 e. The molecule has 0 saturated carbocycles. The molecule has 0 heterocycles. The first-order chi connectivity index (χ1) is 14.3. The van der Waals surface area contributed by atoms with Crippen LogP contribution in [0, 0.1) is 0 Å². The lowest BCUT2D eigenvalue weighted by Gasteiger charge is -2.06. The van der Waals surface area contributed by atoms with Crippen LogP contribution in [0.2, 0.25) is 0 Å². The molecule has 0 fully saturated rings. The predicted molar refractivity (Wildman–Crippen MR) is 122 cm³/mol. The van der Waals surface area contributed by atoms with Crippen molar-refractivity contribution in [2.75, 3.05) is 11.7 Å². The van der Waals surface area contributed by atoms with Gasteiger partial charge in [-0.3, -0.25) is 0 Å². The highest BCUT2D eigenvalue weighted by Gasteiger charge is 2.19.